The molecule has 0 fully saturated rings. The van der Waals surface area contributed by atoms with E-state index in [1.807, 2.05) is 5.38 Å². The Hall–Kier alpha value is -1.20. The van der Waals surface area contributed by atoms with Crippen molar-refractivity contribution in [1.82, 2.24) is 4.98 Å². The van der Waals surface area contributed by atoms with E-state index in [1.54, 1.807) is 0 Å². The summed E-state index contributed by atoms with van der Waals surface area (Å²) in [5, 5.41) is 6.46. The molecule has 0 saturated carbocycles. The van der Waals surface area contributed by atoms with E-state index >= 15 is 0 Å². The number of amides is 1. The monoisotopic (exact) mass is 366 g/mol. The molecule has 0 unspecified atom stereocenters. The summed E-state index contributed by atoms with van der Waals surface area (Å²) in [4.78, 5) is 15.4. The van der Waals surface area contributed by atoms with Gasteiger partial charge in [0.05, 0.1) is 5.69 Å². The van der Waals surface area contributed by atoms with Crippen molar-refractivity contribution in [2.24, 2.45) is 0 Å². The zero-order valence-corrected chi connectivity index (χ0v) is 14.5. The maximum atomic E-state index is 11.0. The third-order valence-corrected chi connectivity index (χ3v) is 4.49. The van der Waals surface area contributed by atoms with Crippen LogP contribution in [0.3, 0.4) is 0 Å². The van der Waals surface area contributed by atoms with E-state index in [0.29, 0.717) is 5.13 Å². The first-order chi connectivity index (χ1) is 10.2. The number of aryl methyl sites for hydroxylation is 3. The molecule has 21 heavy (non-hydrogen) atoms. The molecule has 1 aromatic carbocycles. The smallest absolute Gasteiger partial charge is 0.223 e. The lowest BCUT2D eigenvalue weighted by Gasteiger charge is -2.03. The Labute approximate surface area is 137 Å². The van der Waals surface area contributed by atoms with Gasteiger partial charge in [0, 0.05) is 17.6 Å². The summed E-state index contributed by atoms with van der Waals surface area (Å²) < 4.78 is 0. The SMILES string of the molecule is CC(=O)Nc1nc(CCc2ccc(CCCBr)cc2)cs1. The number of thiazole rings is 1. The molecule has 0 aliphatic rings. The zero-order chi connectivity index (χ0) is 15.1. The first-order valence-electron chi connectivity index (χ1n) is 7.03. The van der Waals surface area contributed by atoms with Crippen LogP contribution in [0.25, 0.3) is 0 Å². The van der Waals surface area contributed by atoms with Crippen LogP contribution in [0.1, 0.15) is 30.2 Å². The molecule has 112 valence electrons. The minimum atomic E-state index is -0.0741. The Morgan fingerprint density at radius 1 is 1.19 bits per heavy atom. The van der Waals surface area contributed by atoms with Gasteiger partial charge in [-0.05, 0) is 36.8 Å². The molecule has 1 aromatic heterocycles. The average Bonchev–Trinajstić information content (AvgIpc) is 2.91. The van der Waals surface area contributed by atoms with Crippen molar-refractivity contribution in [2.45, 2.75) is 32.6 Å². The number of halogens is 1. The number of hydrogen-bond donors (Lipinski definition) is 1. The third kappa shape index (κ3) is 5.59. The Balaban J connectivity index is 1.84. The van der Waals surface area contributed by atoms with Gasteiger partial charge in [-0.25, -0.2) is 4.98 Å². The number of alkyl halides is 1. The quantitative estimate of drug-likeness (QED) is 0.745. The minimum Gasteiger partial charge on any atom is -0.302 e. The molecule has 0 saturated heterocycles. The van der Waals surface area contributed by atoms with Gasteiger partial charge in [-0.15, -0.1) is 11.3 Å². The van der Waals surface area contributed by atoms with Crippen molar-refractivity contribution >= 4 is 38.3 Å². The highest BCUT2D eigenvalue weighted by molar-refractivity contribution is 9.09. The number of aromatic nitrogens is 1. The van der Waals surface area contributed by atoms with Crippen LogP contribution in [0.15, 0.2) is 29.6 Å². The van der Waals surface area contributed by atoms with Crippen LogP contribution < -0.4 is 5.32 Å². The van der Waals surface area contributed by atoms with E-state index in [0.717, 1.165) is 30.3 Å². The van der Waals surface area contributed by atoms with Crippen LogP contribution in [0.2, 0.25) is 0 Å². The summed E-state index contributed by atoms with van der Waals surface area (Å²) in [6, 6.07) is 8.82. The van der Waals surface area contributed by atoms with Crippen LogP contribution in [-0.4, -0.2) is 16.2 Å². The van der Waals surface area contributed by atoms with Crippen molar-refractivity contribution < 1.29 is 4.79 Å². The lowest BCUT2D eigenvalue weighted by molar-refractivity contribution is -0.114. The second-order valence-electron chi connectivity index (χ2n) is 4.93. The van der Waals surface area contributed by atoms with Gasteiger partial charge in [0.2, 0.25) is 5.91 Å². The fourth-order valence-corrected chi connectivity index (χ4v) is 3.12. The first-order valence-corrected chi connectivity index (χ1v) is 9.03. The molecule has 0 atom stereocenters. The molecule has 5 heteroatoms. The summed E-state index contributed by atoms with van der Waals surface area (Å²) in [5.74, 6) is -0.0741. The van der Waals surface area contributed by atoms with Crippen molar-refractivity contribution in [3.8, 4) is 0 Å². The van der Waals surface area contributed by atoms with Crippen LogP contribution in [-0.2, 0) is 24.1 Å². The van der Waals surface area contributed by atoms with Crippen molar-refractivity contribution in [2.75, 3.05) is 10.6 Å². The Bertz CT molecular complexity index is 580. The molecule has 0 aliphatic heterocycles. The number of carbonyl (C=O) groups excluding carboxylic acids is 1. The Morgan fingerprint density at radius 3 is 2.48 bits per heavy atom. The third-order valence-electron chi connectivity index (χ3n) is 3.13. The fourth-order valence-electron chi connectivity index (χ4n) is 2.05. The normalized spacial score (nSPS) is 10.6. The second kappa shape index (κ2) is 8.29. The highest BCUT2D eigenvalue weighted by Gasteiger charge is 2.04. The summed E-state index contributed by atoms with van der Waals surface area (Å²) in [7, 11) is 0. The molecule has 3 nitrogen and oxygen atoms in total. The summed E-state index contributed by atoms with van der Waals surface area (Å²) >= 11 is 4.93. The van der Waals surface area contributed by atoms with E-state index in [4.69, 9.17) is 0 Å². The van der Waals surface area contributed by atoms with Crippen molar-refractivity contribution in [3.05, 3.63) is 46.5 Å². The topological polar surface area (TPSA) is 42.0 Å². The Kier molecular flexibility index (Phi) is 6.39. The summed E-state index contributed by atoms with van der Waals surface area (Å²) in [6.45, 7) is 1.50. The van der Waals surface area contributed by atoms with Crippen molar-refractivity contribution in [1.29, 1.82) is 0 Å². The van der Waals surface area contributed by atoms with E-state index in [1.165, 1.54) is 35.8 Å². The molecule has 2 aromatic rings. The molecule has 1 heterocycles. The number of hydrogen-bond acceptors (Lipinski definition) is 3. The second-order valence-corrected chi connectivity index (χ2v) is 6.59. The number of rotatable bonds is 7. The molecule has 0 spiro atoms. The van der Waals surface area contributed by atoms with Crippen LogP contribution in [0.5, 0.6) is 0 Å². The first kappa shape index (κ1) is 16.2. The number of benzene rings is 1. The van der Waals surface area contributed by atoms with E-state index in [9.17, 15) is 4.79 Å². The minimum absolute atomic E-state index is 0.0741. The molecular formula is C16H19BrN2OS. The molecular weight excluding hydrogens is 348 g/mol. The number of nitrogens with zero attached hydrogens (tertiary/aromatic N) is 1. The van der Waals surface area contributed by atoms with Gasteiger partial charge in [0.15, 0.2) is 5.13 Å². The zero-order valence-electron chi connectivity index (χ0n) is 12.1. The molecule has 1 N–H and O–H groups in total. The molecule has 0 aliphatic carbocycles. The lowest BCUT2D eigenvalue weighted by Crippen LogP contribution is -2.05. The summed E-state index contributed by atoms with van der Waals surface area (Å²) in [5.41, 5.74) is 3.75. The number of carbonyl (C=O) groups is 1. The largest absolute Gasteiger partial charge is 0.302 e. The van der Waals surface area contributed by atoms with E-state index in [-0.39, 0.29) is 5.91 Å². The summed E-state index contributed by atoms with van der Waals surface area (Å²) in [6.07, 6.45) is 4.17. The van der Waals surface area contributed by atoms with Crippen LogP contribution >= 0.6 is 27.3 Å². The molecule has 0 bridgehead atoms. The van der Waals surface area contributed by atoms with E-state index < -0.39 is 0 Å². The van der Waals surface area contributed by atoms with Gasteiger partial charge >= 0.3 is 0 Å². The fraction of sp³-hybridized carbons (Fsp3) is 0.375. The predicted molar refractivity (Wildman–Crippen MR) is 92.4 cm³/mol. The van der Waals surface area contributed by atoms with Gasteiger partial charge in [-0.2, -0.15) is 0 Å². The van der Waals surface area contributed by atoms with Gasteiger partial charge < -0.3 is 5.32 Å². The maximum Gasteiger partial charge on any atom is 0.223 e. The van der Waals surface area contributed by atoms with Crippen LogP contribution in [0, 0.1) is 0 Å². The molecule has 1 amide bonds. The van der Waals surface area contributed by atoms with Gasteiger partial charge in [0.25, 0.3) is 0 Å². The highest BCUT2D eigenvalue weighted by Crippen LogP contribution is 2.17. The van der Waals surface area contributed by atoms with Gasteiger partial charge in [0.1, 0.15) is 0 Å². The predicted octanol–water partition coefficient (Wildman–Crippen LogP) is 4.21. The van der Waals surface area contributed by atoms with E-state index in [2.05, 4.69) is 50.5 Å². The molecule has 0 radical (unpaired) electrons. The molecule has 2 rings (SSSR count). The number of anilines is 1. The number of nitrogens with one attached hydrogen (secondary N) is 1. The van der Waals surface area contributed by atoms with Crippen molar-refractivity contribution in [3.63, 3.8) is 0 Å². The Morgan fingerprint density at radius 2 is 1.86 bits per heavy atom. The van der Waals surface area contributed by atoms with Gasteiger partial charge in [-0.1, -0.05) is 40.2 Å². The highest BCUT2D eigenvalue weighted by atomic mass is 79.9. The average molecular weight is 367 g/mol. The maximum absolute atomic E-state index is 11.0. The standard InChI is InChI=1S/C16H19BrN2OS/c1-12(20)18-16-19-15(11-21-16)9-8-14-6-4-13(5-7-14)3-2-10-17/h4-7,11H,2-3,8-10H2,1H3,(H,18,19,20). The lowest BCUT2D eigenvalue weighted by atomic mass is 10.0. The van der Waals surface area contributed by atoms with Gasteiger partial charge in [-0.3, -0.25) is 4.79 Å². The van der Waals surface area contributed by atoms with Crippen LogP contribution in [0.4, 0.5) is 5.13 Å².